The van der Waals surface area contributed by atoms with Crippen LogP contribution in [0.4, 0.5) is 4.39 Å². The minimum atomic E-state index is -0.411. The molecule has 4 rings (SSSR count). The third-order valence-corrected chi connectivity index (χ3v) is 7.00. The molecule has 6 heteroatoms. The van der Waals surface area contributed by atoms with E-state index < -0.39 is 6.10 Å². The molecule has 138 valence electrons. The first-order chi connectivity index (χ1) is 12.5. The summed E-state index contributed by atoms with van der Waals surface area (Å²) < 4.78 is 27.3. The van der Waals surface area contributed by atoms with Crippen LogP contribution in [0.2, 0.25) is 0 Å². The summed E-state index contributed by atoms with van der Waals surface area (Å²) in [5.74, 6) is 0.205. The molecule has 3 aromatic rings. The Kier molecular flexibility index (Phi) is 5.01. The molecule has 1 saturated heterocycles. The number of aliphatic hydroxyl groups excluding tert-OH is 1. The highest BCUT2D eigenvalue weighted by Crippen LogP contribution is 2.39. The van der Waals surface area contributed by atoms with Gasteiger partial charge in [0.1, 0.15) is 11.6 Å². The van der Waals surface area contributed by atoms with Crippen molar-refractivity contribution in [2.24, 2.45) is 0 Å². The molecule has 1 aromatic carbocycles. The van der Waals surface area contributed by atoms with Crippen molar-refractivity contribution in [2.45, 2.75) is 44.5 Å². The zero-order chi connectivity index (χ0) is 18.3. The van der Waals surface area contributed by atoms with Crippen LogP contribution < -0.4 is 4.74 Å². The minimum Gasteiger partial charge on any atom is -0.496 e. The smallest absolute Gasteiger partial charge is 0.130 e. The quantitative estimate of drug-likeness (QED) is 0.655. The third-order valence-electron chi connectivity index (χ3n) is 4.80. The summed E-state index contributed by atoms with van der Waals surface area (Å²) >= 11 is 3.42. The summed E-state index contributed by atoms with van der Waals surface area (Å²) in [6.45, 7) is 1.95. The summed E-state index contributed by atoms with van der Waals surface area (Å²) in [4.78, 5) is 1.14. The van der Waals surface area contributed by atoms with E-state index in [9.17, 15) is 9.50 Å². The topological polar surface area (TPSA) is 38.7 Å². The molecule has 1 aliphatic rings. The van der Waals surface area contributed by atoms with Crippen LogP contribution in [0.1, 0.15) is 41.9 Å². The summed E-state index contributed by atoms with van der Waals surface area (Å²) in [5.41, 5.74) is 1.44. The highest BCUT2D eigenvalue weighted by Gasteiger charge is 2.29. The number of rotatable bonds is 4. The van der Waals surface area contributed by atoms with Crippen LogP contribution in [-0.4, -0.2) is 24.4 Å². The number of thiophene rings is 2. The largest absolute Gasteiger partial charge is 0.496 e. The Balaban J connectivity index is 1.67. The van der Waals surface area contributed by atoms with Gasteiger partial charge in [0.2, 0.25) is 0 Å². The monoisotopic (exact) mass is 392 g/mol. The molecule has 1 aliphatic heterocycles. The molecular formula is C20H21FO3S2. The van der Waals surface area contributed by atoms with Gasteiger partial charge in [-0.15, -0.1) is 22.7 Å². The molecule has 3 atom stereocenters. The third kappa shape index (κ3) is 3.51. The SMILES string of the molecule is COc1cc(F)c(Cc2cc3ccsc3s2)cc1C1CC(O)CC(C)O1. The minimum absolute atomic E-state index is 0.0361. The van der Waals surface area contributed by atoms with Gasteiger partial charge in [0.25, 0.3) is 0 Å². The first-order valence-corrected chi connectivity index (χ1v) is 10.4. The van der Waals surface area contributed by atoms with Crippen molar-refractivity contribution in [3.05, 3.63) is 51.5 Å². The molecule has 1 fully saturated rings. The number of aliphatic hydroxyl groups is 1. The van der Waals surface area contributed by atoms with Gasteiger partial charge < -0.3 is 14.6 Å². The Labute approximate surface area is 160 Å². The standard InChI is InChI=1S/C20H21FO3S2/c1-11-5-14(22)9-19(24-11)16-8-13(17(21)10-18(16)23-2)7-15-6-12-3-4-25-20(12)26-15/h3-4,6,8,10-11,14,19,22H,5,7,9H2,1-2H3. The number of ether oxygens (including phenoxy) is 2. The van der Waals surface area contributed by atoms with Crippen LogP contribution in [0.3, 0.4) is 0 Å². The Morgan fingerprint density at radius 1 is 1.31 bits per heavy atom. The fourth-order valence-electron chi connectivity index (χ4n) is 3.59. The van der Waals surface area contributed by atoms with Crippen molar-refractivity contribution >= 4 is 32.1 Å². The highest BCUT2D eigenvalue weighted by molar-refractivity contribution is 7.37. The molecule has 1 N–H and O–H groups in total. The lowest BCUT2D eigenvalue weighted by molar-refractivity contribution is -0.0901. The van der Waals surface area contributed by atoms with E-state index in [-0.39, 0.29) is 18.0 Å². The van der Waals surface area contributed by atoms with Gasteiger partial charge in [0.15, 0.2) is 0 Å². The maximum Gasteiger partial charge on any atom is 0.130 e. The van der Waals surface area contributed by atoms with E-state index in [0.717, 1.165) is 10.4 Å². The first-order valence-electron chi connectivity index (χ1n) is 8.69. The second kappa shape index (κ2) is 7.27. The van der Waals surface area contributed by atoms with E-state index in [0.29, 0.717) is 30.6 Å². The van der Waals surface area contributed by atoms with Gasteiger partial charge in [-0.2, -0.15) is 0 Å². The lowest BCUT2D eigenvalue weighted by atomic mass is 9.94. The molecule has 3 nitrogen and oxygen atoms in total. The molecule has 0 radical (unpaired) electrons. The highest BCUT2D eigenvalue weighted by atomic mass is 32.2. The predicted octanol–water partition coefficient (Wildman–Crippen LogP) is 5.30. The van der Waals surface area contributed by atoms with Gasteiger partial charge in [-0.1, -0.05) is 0 Å². The first kappa shape index (κ1) is 17.9. The number of benzene rings is 1. The lowest BCUT2D eigenvalue weighted by Gasteiger charge is -2.32. The van der Waals surface area contributed by atoms with Crippen molar-refractivity contribution in [2.75, 3.05) is 7.11 Å². The van der Waals surface area contributed by atoms with Gasteiger partial charge in [0, 0.05) is 34.7 Å². The van der Waals surface area contributed by atoms with Gasteiger partial charge in [-0.3, -0.25) is 0 Å². The Morgan fingerprint density at radius 3 is 2.88 bits per heavy atom. The second-order valence-corrected chi connectivity index (χ2v) is 9.11. The van der Waals surface area contributed by atoms with Crippen LogP contribution in [0.15, 0.2) is 29.6 Å². The van der Waals surface area contributed by atoms with Crippen LogP contribution in [-0.2, 0) is 11.2 Å². The maximum absolute atomic E-state index is 14.6. The van der Waals surface area contributed by atoms with E-state index in [4.69, 9.17) is 9.47 Å². The zero-order valence-corrected chi connectivity index (χ0v) is 16.3. The summed E-state index contributed by atoms with van der Waals surface area (Å²) in [6, 6.07) is 7.50. The summed E-state index contributed by atoms with van der Waals surface area (Å²) in [7, 11) is 1.54. The molecule has 3 unspecified atom stereocenters. The van der Waals surface area contributed by atoms with Crippen molar-refractivity contribution < 1.29 is 19.0 Å². The number of halogens is 1. The number of hydrogen-bond donors (Lipinski definition) is 1. The van der Waals surface area contributed by atoms with E-state index in [1.54, 1.807) is 22.7 Å². The number of hydrogen-bond acceptors (Lipinski definition) is 5. The van der Waals surface area contributed by atoms with Gasteiger partial charge in [-0.05, 0) is 42.5 Å². The second-order valence-electron chi connectivity index (χ2n) is 6.80. The molecule has 3 heterocycles. The fraction of sp³-hybridized carbons (Fsp3) is 0.400. The molecule has 0 spiro atoms. The molecule has 0 amide bonds. The molecular weight excluding hydrogens is 371 g/mol. The Bertz CT molecular complexity index is 879. The van der Waals surface area contributed by atoms with Gasteiger partial charge >= 0.3 is 0 Å². The van der Waals surface area contributed by atoms with Crippen LogP contribution in [0.5, 0.6) is 5.75 Å². The molecule has 0 bridgehead atoms. The lowest BCUT2D eigenvalue weighted by Crippen LogP contribution is -2.29. The average molecular weight is 393 g/mol. The summed E-state index contributed by atoms with van der Waals surface area (Å²) in [6.07, 6.45) is 0.936. The van der Waals surface area contributed by atoms with Gasteiger partial charge in [0.05, 0.1) is 29.4 Å². The van der Waals surface area contributed by atoms with Crippen molar-refractivity contribution in [3.8, 4) is 5.75 Å². The average Bonchev–Trinajstić information content (AvgIpc) is 3.16. The molecule has 0 saturated carbocycles. The zero-order valence-electron chi connectivity index (χ0n) is 14.7. The van der Waals surface area contributed by atoms with E-state index in [2.05, 4.69) is 17.5 Å². The van der Waals surface area contributed by atoms with Crippen LogP contribution in [0, 0.1) is 5.82 Å². The Hall–Kier alpha value is -1.47. The van der Waals surface area contributed by atoms with Crippen LogP contribution >= 0.6 is 22.7 Å². The normalized spacial score (nSPS) is 23.5. The molecule has 0 aliphatic carbocycles. The van der Waals surface area contributed by atoms with E-state index in [1.165, 1.54) is 22.6 Å². The molecule has 2 aromatic heterocycles. The van der Waals surface area contributed by atoms with Crippen molar-refractivity contribution in [1.82, 2.24) is 0 Å². The summed E-state index contributed by atoms with van der Waals surface area (Å²) in [5, 5.41) is 13.4. The molecule has 26 heavy (non-hydrogen) atoms. The van der Waals surface area contributed by atoms with Crippen LogP contribution in [0.25, 0.3) is 9.40 Å². The fourth-order valence-corrected chi connectivity index (χ4v) is 5.77. The predicted molar refractivity (Wildman–Crippen MR) is 104 cm³/mol. The van der Waals surface area contributed by atoms with Crippen molar-refractivity contribution in [1.29, 1.82) is 0 Å². The number of methoxy groups -OCH3 is 1. The Morgan fingerprint density at radius 2 is 2.15 bits per heavy atom. The van der Waals surface area contributed by atoms with Crippen molar-refractivity contribution in [3.63, 3.8) is 0 Å². The maximum atomic E-state index is 14.6. The van der Waals surface area contributed by atoms with E-state index >= 15 is 0 Å². The van der Waals surface area contributed by atoms with E-state index in [1.807, 2.05) is 13.0 Å². The number of fused-ring (bicyclic) bond motifs is 1. The van der Waals surface area contributed by atoms with Gasteiger partial charge in [-0.25, -0.2) is 4.39 Å².